The van der Waals surface area contributed by atoms with Crippen molar-refractivity contribution in [1.82, 2.24) is 4.31 Å². The van der Waals surface area contributed by atoms with E-state index < -0.39 is 10.0 Å². The molecule has 0 bridgehead atoms. The number of nitrogens with zero attached hydrogens (tertiary/aromatic N) is 1. The Morgan fingerprint density at radius 3 is 2.42 bits per heavy atom. The molecule has 0 radical (unpaired) electrons. The van der Waals surface area contributed by atoms with E-state index in [1.54, 1.807) is 12.1 Å². The predicted molar refractivity (Wildman–Crippen MR) is 103 cm³/mol. The van der Waals surface area contributed by atoms with Crippen LogP contribution in [0.15, 0.2) is 41.3 Å². The van der Waals surface area contributed by atoms with Gasteiger partial charge in [-0.05, 0) is 56.5 Å². The number of nitrogens with one attached hydrogen (secondary N) is 1. The van der Waals surface area contributed by atoms with Crippen molar-refractivity contribution < 1.29 is 13.2 Å². The minimum Gasteiger partial charge on any atom is -0.322 e. The van der Waals surface area contributed by atoms with E-state index in [-0.39, 0.29) is 15.8 Å². The molecule has 3 rings (SSSR count). The Kier molecular flexibility index (Phi) is 5.37. The SMILES string of the molecule is Cc1ccc(C(=O)Nc2ccc(Cl)c(S(=O)(=O)N3CCCC3)c2)c(C)c1. The zero-order valence-corrected chi connectivity index (χ0v) is 16.3. The van der Waals surface area contributed by atoms with Crippen LogP contribution in [0.1, 0.15) is 34.3 Å². The summed E-state index contributed by atoms with van der Waals surface area (Å²) in [5.74, 6) is -0.283. The third-order valence-corrected chi connectivity index (χ3v) is 6.88. The van der Waals surface area contributed by atoms with Gasteiger partial charge in [0, 0.05) is 24.3 Å². The van der Waals surface area contributed by atoms with Crippen LogP contribution in [-0.2, 0) is 10.0 Å². The highest BCUT2D eigenvalue weighted by Crippen LogP contribution is 2.30. The largest absolute Gasteiger partial charge is 0.322 e. The van der Waals surface area contributed by atoms with Gasteiger partial charge in [0.15, 0.2) is 0 Å². The second-order valence-electron chi connectivity index (χ2n) is 6.53. The lowest BCUT2D eigenvalue weighted by Crippen LogP contribution is -2.28. The summed E-state index contributed by atoms with van der Waals surface area (Å²) in [6.07, 6.45) is 1.69. The monoisotopic (exact) mass is 392 g/mol. The molecule has 0 spiro atoms. The van der Waals surface area contributed by atoms with Gasteiger partial charge in [-0.3, -0.25) is 4.79 Å². The molecule has 2 aromatic rings. The van der Waals surface area contributed by atoms with Gasteiger partial charge in [0.2, 0.25) is 10.0 Å². The fourth-order valence-corrected chi connectivity index (χ4v) is 5.13. The topological polar surface area (TPSA) is 66.5 Å². The van der Waals surface area contributed by atoms with Gasteiger partial charge in [0.1, 0.15) is 4.90 Å². The maximum absolute atomic E-state index is 12.8. The number of carbonyl (C=O) groups is 1. The molecule has 1 fully saturated rings. The minimum atomic E-state index is -3.66. The van der Waals surface area contributed by atoms with Crippen molar-refractivity contribution in [1.29, 1.82) is 0 Å². The van der Waals surface area contributed by atoms with Gasteiger partial charge in [0.05, 0.1) is 5.02 Å². The summed E-state index contributed by atoms with van der Waals surface area (Å²) in [5.41, 5.74) is 2.89. The van der Waals surface area contributed by atoms with Crippen LogP contribution in [0.25, 0.3) is 0 Å². The van der Waals surface area contributed by atoms with Crippen LogP contribution in [0.2, 0.25) is 5.02 Å². The molecule has 1 saturated heterocycles. The van der Waals surface area contributed by atoms with Crippen LogP contribution in [0.4, 0.5) is 5.69 Å². The van der Waals surface area contributed by atoms with Crippen LogP contribution in [0, 0.1) is 13.8 Å². The summed E-state index contributed by atoms with van der Waals surface area (Å²) in [6, 6.07) is 10.1. The molecule has 0 aliphatic carbocycles. The predicted octanol–water partition coefficient (Wildman–Crippen LogP) is 3.99. The van der Waals surface area contributed by atoms with Crippen molar-refractivity contribution >= 4 is 33.2 Å². The van der Waals surface area contributed by atoms with Crippen LogP contribution in [-0.4, -0.2) is 31.7 Å². The molecule has 0 saturated carbocycles. The Morgan fingerprint density at radius 2 is 1.77 bits per heavy atom. The number of sulfonamides is 1. The molecule has 1 amide bonds. The average molecular weight is 393 g/mol. The van der Waals surface area contributed by atoms with Gasteiger partial charge in [0.25, 0.3) is 5.91 Å². The molecule has 5 nitrogen and oxygen atoms in total. The molecule has 0 unspecified atom stereocenters. The van der Waals surface area contributed by atoms with Crippen molar-refractivity contribution in [2.45, 2.75) is 31.6 Å². The van der Waals surface area contributed by atoms with E-state index in [1.807, 2.05) is 26.0 Å². The molecule has 0 atom stereocenters. The van der Waals surface area contributed by atoms with Gasteiger partial charge in [-0.2, -0.15) is 4.31 Å². The Morgan fingerprint density at radius 1 is 1.08 bits per heavy atom. The second-order valence-corrected chi connectivity index (χ2v) is 8.84. The van der Waals surface area contributed by atoms with E-state index in [0.717, 1.165) is 24.0 Å². The van der Waals surface area contributed by atoms with Crippen molar-refractivity contribution in [3.8, 4) is 0 Å². The molecule has 1 aliphatic heterocycles. The van der Waals surface area contributed by atoms with Crippen molar-refractivity contribution in [2.24, 2.45) is 0 Å². The lowest BCUT2D eigenvalue weighted by molar-refractivity contribution is 0.102. The molecule has 0 aromatic heterocycles. The van der Waals surface area contributed by atoms with Gasteiger partial charge in [-0.25, -0.2) is 8.42 Å². The quantitative estimate of drug-likeness (QED) is 0.855. The standard InChI is InChI=1S/C19H21ClN2O3S/c1-13-5-7-16(14(2)11-13)19(23)21-15-6-8-17(20)18(12-15)26(24,25)22-9-3-4-10-22/h5-8,11-12H,3-4,9-10H2,1-2H3,(H,21,23). The van der Waals surface area contributed by atoms with E-state index in [4.69, 9.17) is 11.6 Å². The molecule has 26 heavy (non-hydrogen) atoms. The maximum Gasteiger partial charge on any atom is 0.255 e. The van der Waals surface area contributed by atoms with E-state index in [9.17, 15) is 13.2 Å². The Balaban J connectivity index is 1.89. The number of halogens is 1. The highest BCUT2D eigenvalue weighted by Gasteiger charge is 2.29. The van der Waals surface area contributed by atoms with Gasteiger partial charge < -0.3 is 5.32 Å². The summed E-state index contributed by atoms with van der Waals surface area (Å²) in [7, 11) is -3.66. The van der Waals surface area contributed by atoms with Gasteiger partial charge >= 0.3 is 0 Å². The average Bonchev–Trinajstić information content (AvgIpc) is 3.11. The normalized spacial score (nSPS) is 15.2. The highest BCUT2D eigenvalue weighted by atomic mass is 35.5. The highest BCUT2D eigenvalue weighted by molar-refractivity contribution is 7.89. The maximum atomic E-state index is 12.8. The number of carbonyl (C=O) groups excluding carboxylic acids is 1. The van der Waals surface area contributed by atoms with Gasteiger partial charge in [-0.15, -0.1) is 0 Å². The van der Waals surface area contributed by atoms with E-state index in [1.165, 1.54) is 16.4 Å². The number of aryl methyl sites for hydroxylation is 2. The number of hydrogen-bond donors (Lipinski definition) is 1. The third kappa shape index (κ3) is 3.77. The molecular weight excluding hydrogens is 372 g/mol. The molecule has 1 N–H and O–H groups in total. The summed E-state index contributed by atoms with van der Waals surface area (Å²) >= 11 is 6.14. The molecule has 1 heterocycles. The van der Waals surface area contributed by atoms with E-state index in [0.29, 0.717) is 24.3 Å². The number of anilines is 1. The fourth-order valence-electron chi connectivity index (χ4n) is 3.11. The van der Waals surface area contributed by atoms with Crippen LogP contribution < -0.4 is 5.32 Å². The van der Waals surface area contributed by atoms with Crippen LogP contribution in [0.3, 0.4) is 0 Å². The first-order valence-corrected chi connectivity index (χ1v) is 10.3. The summed E-state index contributed by atoms with van der Waals surface area (Å²) in [4.78, 5) is 12.6. The van der Waals surface area contributed by atoms with Crippen LogP contribution >= 0.6 is 11.6 Å². The Labute approximate surface area is 159 Å². The number of rotatable bonds is 4. The Hall–Kier alpha value is -1.89. The first kappa shape index (κ1) is 18.9. The number of benzene rings is 2. The smallest absolute Gasteiger partial charge is 0.255 e. The molecule has 138 valence electrons. The number of amides is 1. The van der Waals surface area contributed by atoms with E-state index >= 15 is 0 Å². The zero-order valence-electron chi connectivity index (χ0n) is 14.8. The fraction of sp³-hybridized carbons (Fsp3) is 0.316. The minimum absolute atomic E-state index is 0.0273. The summed E-state index contributed by atoms with van der Waals surface area (Å²) < 4.78 is 27.0. The summed E-state index contributed by atoms with van der Waals surface area (Å²) in [6.45, 7) is 4.83. The second kappa shape index (κ2) is 7.39. The van der Waals surface area contributed by atoms with E-state index in [2.05, 4.69) is 5.32 Å². The van der Waals surface area contributed by atoms with Crippen molar-refractivity contribution in [3.63, 3.8) is 0 Å². The lowest BCUT2D eigenvalue weighted by Gasteiger charge is -2.17. The molecule has 1 aliphatic rings. The molecule has 7 heteroatoms. The van der Waals surface area contributed by atoms with Crippen LogP contribution in [0.5, 0.6) is 0 Å². The molecular formula is C19H21ClN2O3S. The first-order chi connectivity index (χ1) is 12.3. The molecule has 2 aromatic carbocycles. The van der Waals surface area contributed by atoms with Gasteiger partial charge in [-0.1, -0.05) is 29.3 Å². The summed E-state index contributed by atoms with van der Waals surface area (Å²) in [5, 5.41) is 2.92. The third-order valence-electron chi connectivity index (χ3n) is 4.50. The zero-order chi connectivity index (χ0) is 18.9. The number of hydrogen-bond acceptors (Lipinski definition) is 3. The Bertz CT molecular complexity index is 951. The first-order valence-electron chi connectivity index (χ1n) is 8.47. The lowest BCUT2D eigenvalue weighted by atomic mass is 10.1. The van der Waals surface area contributed by atoms with Crippen molar-refractivity contribution in [2.75, 3.05) is 18.4 Å². The van der Waals surface area contributed by atoms with Crippen molar-refractivity contribution in [3.05, 3.63) is 58.1 Å².